The molecule has 7 heteroatoms. The molecule has 0 aliphatic heterocycles. The van der Waals surface area contributed by atoms with Gasteiger partial charge in [-0.2, -0.15) is 8.78 Å². The molecule has 0 radical (unpaired) electrons. The Bertz CT molecular complexity index is 714. The zero-order valence-corrected chi connectivity index (χ0v) is 15.9. The lowest BCUT2D eigenvalue weighted by molar-refractivity contribution is -0.122. The monoisotopic (exact) mass is 380 g/mol. The summed E-state index contributed by atoms with van der Waals surface area (Å²) in [5, 5.41) is 2.89. The number of aryl methyl sites for hydroxylation is 1. The van der Waals surface area contributed by atoms with E-state index >= 15 is 0 Å². The average Bonchev–Trinajstić information content (AvgIpc) is 3.00. The first-order valence-corrected chi connectivity index (χ1v) is 8.93. The highest BCUT2D eigenvalue weighted by molar-refractivity contribution is 5.78. The topological polar surface area (TPSA) is 54.7 Å². The highest BCUT2D eigenvalue weighted by atomic mass is 19.3. The van der Waals surface area contributed by atoms with Crippen molar-refractivity contribution >= 4 is 5.91 Å². The van der Waals surface area contributed by atoms with E-state index in [-0.39, 0.29) is 24.2 Å². The van der Waals surface area contributed by atoms with Crippen LogP contribution in [0.4, 0.5) is 8.78 Å². The number of halogens is 2. The maximum Gasteiger partial charge on any atom is 0.387 e. The Hall–Kier alpha value is -2.41. The lowest BCUT2D eigenvalue weighted by Gasteiger charge is -2.24. The van der Waals surface area contributed by atoms with E-state index in [4.69, 9.17) is 4.42 Å². The van der Waals surface area contributed by atoms with Crippen LogP contribution in [0.2, 0.25) is 0 Å². The van der Waals surface area contributed by atoms with Gasteiger partial charge in [0.1, 0.15) is 17.3 Å². The Morgan fingerprint density at radius 2 is 1.89 bits per heavy atom. The predicted molar refractivity (Wildman–Crippen MR) is 98.8 cm³/mol. The van der Waals surface area contributed by atoms with Gasteiger partial charge < -0.3 is 14.5 Å². The van der Waals surface area contributed by atoms with Crippen molar-refractivity contribution in [3.8, 4) is 5.75 Å². The second-order valence-electron chi connectivity index (χ2n) is 6.63. The van der Waals surface area contributed by atoms with E-state index in [0.29, 0.717) is 19.5 Å². The molecule has 1 aromatic carbocycles. The SMILES string of the molecule is Cc1ccc(CN(CC(=O)NCCc2ccc(OC(F)F)cc2)C(C)C)o1. The van der Waals surface area contributed by atoms with Gasteiger partial charge in [-0.25, -0.2) is 0 Å². The zero-order valence-electron chi connectivity index (χ0n) is 15.9. The van der Waals surface area contributed by atoms with Crippen LogP contribution in [0.5, 0.6) is 5.75 Å². The van der Waals surface area contributed by atoms with Gasteiger partial charge in [0.2, 0.25) is 5.91 Å². The molecule has 0 fully saturated rings. The largest absolute Gasteiger partial charge is 0.465 e. The average molecular weight is 380 g/mol. The first kappa shape index (κ1) is 20.9. The van der Waals surface area contributed by atoms with E-state index in [1.165, 1.54) is 12.1 Å². The zero-order chi connectivity index (χ0) is 19.8. The molecule has 1 N–H and O–H groups in total. The molecule has 148 valence electrons. The summed E-state index contributed by atoms with van der Waals surface area (Å²) in [5.41, 5.74) is 0.934. The van der Waals surface area contributed by atoms with Crippen LogP contribution in [-0.4, -0.2) is 36.5 Å². The van der Waals surface area contributed by atoms with Crippen LogP contribution in [0, 0.1) is 6.92 Å². The van der Waals surface area contributed by atoms with Crippen molar-refractivity contribution in [1.29, 1.82) is 0 Å². The van der Waals surface area contributed by atoms with Gasteiger partial charge in [0.05, 0.1) is 13.1 Å². The molecule has 0 aliphatic rings. The summed E-state index contributed by atoms with van der Waals surface area (Å²) in [4.78, 5) is 14.3. The maximum atomic E-state index is 12.2. The number of hydrogen-bond acceptors (Lipinski definition) is 4. The minimum Gasteiger partial charge on any atom is -0.465 e. The first-order valence-electron chi connectivity index (χ1n) is 8.93. The minimum absolute atomic E-state index is 0.0652. The summed E-state index contributed by atoms with van der Waals surface area (Å²) >= 11 is 0. The first-order chi connectivity index (χ1) is 12.8. The molecule has 0 unspecified atom stereocenters. The van der Waals surface area contributed by atoms with E-state index in [2.05, 4.69) is 10.1 Å². The van der Waals surface area contributed by atoms with E-state index in [9.17, 15) is 13.6 Å². The Labute approximate surface area is 158 Å². The number of carbonyl (C=O) groups is 1. The summed E-state index contributed by atoms with van der Waals surface area (Å²) in [6.45, 7) is 4.45. The molecule has 0 bridgehead atoms. The molecule has 2 rings (SSSR count). The van der Waals surface area contributed by atoms with Crippen molar-refractivity contribution in [2.24, 2.45) is 0 Å². The summed E-state index contributed by atoms with van der Waals surface area (Å²) in [5.74, 6) is 1.74. The number of rotatable bonds is 10. The number of alkyl halides is 2. The maximum absolute atomic E-state index is 12.2. The molecule has 0 saturated heterocycles. The van der Waals surface area contributed by atoms with Crippen LogP contribution >= 0.6 is 0 Å². The smallest absolute Gasteiger partial charge is 0.387 e. The number of benzene rings is 1. The molecule has 0 aliphatic carbocycles. The van der Waals surface area contributed by atoms with Crippen LogP contribution in [-0.2, 0) is 17.8 Å². The number of amides is 1. The van der Waals surface area contributed by atoms with Crippen molar-refractivity contribution in [3.63, 3.8) is 0 Å². The van der Waals surface area contributed by atoms with Gasteiger partial charge in [-0.1, -0.05) is 12.1 Å². The highest BCUT2D eigenvalue weighted by Crippen LogP contribution is 2.15. The standard InChI is InChI=1S/C20H26F2N2O3/c1-14(2)24(12-18-7-4-15(3)26-18)13-19(25)23-11-10-16-5-8-17(9-6-16)27-20(21)22/h4-9,14,20H,10-13H2,1-3H3,(H,23,25). The lowest BCUT2D eigenvalue weighted by atomic mass is 10.1. The Kier molecular flexibility index (Phi) is 7.79. The molecule has 5 nitrogen and oxygen atoms in total. The van der Waals surface area contributed by atoms with Crippen molar-refractivity contribution in [3.05, 3.63) is 53.5 Å². The second kappa shape index (κ2) is 10.1. The fourth-order valence-electron chi connectivity index (χ4n) is 2.62. The van der Waals surface area contributed by atoms with E-state index < -0.39 is 6.61 Å². The van der Waals surface area contributed by atoms with E-state index in [1.807, 2.05) is 37.8 Å². The number of furan rings is 1. The molecule has 1 amide bonds. The van der Waals surface area contributed by atoms with E-state index in [1.54, 1.807) is 12.1 Å². The number of hydrogen-bond donors (Lipinski definition) is 1. The molecule has 1 aromatic heterocycles. The quantitative estimate of drug-likeness (QED) is 0.682. The third kappa shape index (κ3) is 7.38. The fraction of sp³-hybridized carbons (Fsp3) is 0.450. The summed E-state index contributed by atoms with van der Waals surface area (Å²) < 4.78 is 34.2. The highest BCUT2D eigenvalue weighted by Gasteiger charge is 2.16. The van der Waals surface area contributed by atoms with Crippen LogP contribution in [0.1, 0.15) is 30.9 Å². The van der Waals surface area contributed by atoms with Crippen LogP contribution < -0.4 is 10.1 Å². The molecule has 0 atom stereocenters. The van der Waals surface area contributed by atoms with Crippen molar-refractivity contribution in [1.82, 2.24) is 10.2 Å². The van der Waals surface area contributed by atoms with Gasteiger partial charge in [-0.15, -0.1) is 0 Å². The number of ether oxygens (including phenoxy) is 1. The van der Waals surface area contributed by atoms with E-state index in [0.717, 1.165) is 17.1 Å². The molecule has 2 aromatic rings. The molecule has 27 heavy (non-hydrogen) atoms. The Morgan fingerprint density at radius 1 is 1.19 bits per heavy atom. The van der Waals surface area contributed by atoms with Crippen LogP contribution in [0.3, 0.4) is 0 Å². The summed E-state index contributed by atoms with van der Waals surface area (Å²) in [6, 6.07) is 10.4. The van der Waals surface area contributed by atoms with Crippen molar-refractivity contribution in [2.75, 3.05) is 13.1 Å². The number of nitrogens with zero attached hydrogens (tertiary/aromatic N) is 1. The van der Waals surface area contributed by atoms with Gasteiger partial charge in [0.15, 0.2) is 0 Å². The van der Waals surface area contributed by atoms with Crippen molar-refractivity contribution in [2.45, 2.75) is 46.4 Å². The molecular weight excluding hydrogens is 354 g/mol. The Morgan fingerprint density at radius 3 is 2.44 bits per heavy atom. The van der Waals surface area contributed by atoms with Gasteiger partial charge in [-0.3, -0.25) is 9.69 Å². The van der Waals surface area contributed by atoms with Gasteiger partial charge in [0.25, 0.3) is 0 Å². The van der Waals surface area contributed by atoms with Crippen LogP contribution in [0.25, 0.3) is 0 Å². The number of carbonyl (C=O) groups excluding carboxylic acids is 1. The normalized spacial score (nSPS) is 11.4. The summed E-state index contributed by atoms with van der Waals surface area (Å²) in [7, 11) is 0. The summed E-state index contributed by atoms with van der Waals surface area (Å²) in [6.07, 6.45) is 0.611. The van der Waals surface area contributed by atoms with Crippen molar-refractivity contribution < 1.29 is 22.7 Å². The molecule has 0 saturated carbocycles. The van der Waals surface area contributed by atoms with Crippen LogP contribution in [0.15, 0.2) is 40.8 Å². The van der Waals surface area contributed by atoms with Gasteiger partial charge in [0, 0.05) is 12.6 Å². The van der Waals surface area contributed by atoms with Gasteiger partial charge >= 0.3 is 6.61 Å². The fourth-order valence-corrected chi connectivity index (χ4v) is 2.62. The number of nitrogens with one attached hydrogen (secondary N) is 1. The third-order valence-corrected chi connectivity index (χ3v) is 4.12. The minimum atomic E-state index is -2.83. The predicted octanol–water partition coefficient (Wildman–Crippen LogP) is 3.76. The Balaban J connectivity index is 1.76. The second-order valence-corrected chi connectivity index (χ2v) is 6.63. The molecular formula is C20H26F2N2O3. The lowest BCUT2D eigenvalue weighted by Crippen LogP contribution is -2.40. The molecule has 0 spiro atoms. The van der Waals surface area contributed by atoms with Gasteiger partial charge in [-0.05, 0) is 57.0 Å². The third-order valence-electron chi connectivity index (χ3n) is 4.12. The molecule has 1 heterocycles.